The number of Topliss-reactive ketones (excluding diaryl/α,β-unsaturated/α-hetero) is 2. The summed E-state index contributed by atoms with van der Waals surface area (Å²) in [4.78, 5) is 29.6. The van der Waals surface area contributed by atoms with E-state index in [1.54, 1.807) is 43.3 Å². The quantitative estimate of drug-likeness (QED) is 0.388. The minimum absolute atomic E-state index is 0.0345. The summed E-state index contributed by atoms with van der Waals surface area (Å²) < 4.78 is 37.3. The van der Waals surface area contributed by atoms with E-state index in [4.69, 9.17) is 8.92 Å². The minimum Gasteiger partial charge on any atom is -0.490 e. The molecule has 0 saturated carbocycles. The normalized spacial score (nSPS) is 20.8. The number of hydrogen-bond donors (Lipinski definition) is 0. The van der Waals surface area contributed by atoms with Crippen molar-refractivity contribution < 1.29 is 26.9 Å². The molecule has 0 N–H and O–H groups in total. The number of allylic oxidation sites excluding steroid dienone is 4. The molecule has 2 aromatic rings. The molecule has 3 aliphatic rings. The lowest BCUT2D eigenvalue weighted by Crippen LogP contribution is -2.43. The molecule has 1 aliphatic heterocycles. The van der Waals surface area contributed by atoms with Gasteiger partial charge in [0.05, 0.1) is 6.61 Å². The summed E-state index contributed by atoms with van der Waals surface area (Å²) >= 11 is 0. The molecule has 0 amide bonds. The first-order valence-corrected chi connectivity index (χ1v) is 15.2. The van der Waals surface area contributed by atoms with Gasteiger partial charge in [0.25, 0.3) is 0 Å². The van der Waals surface area contributed by atoms with Crippen molar-refractivity contribution in [3.8, 4) is 11.5 Å². The molecule has 1 heterocycles. The van der Waals surface area contributed by atoms with Gasteiger partial charge < -0.3 is 13.8 Å². The van der Waals surface area contributed by atoms with Gasteiger partial charge in [-0.05, 0) is 60.4 Å². The van der Waals surface area contributed by atoms with Crippen molar-refractivity contribution in [1.29, 1.82) is 0 Å². The van der Waals surface area contributed by atoms with Gasteiger partial charge in [0.15, 0.2) is 23.1 Å². The third-order valence-electron chi connectivity index (χ3n) is 8.01. The van der Waals surface area contributed by atoms with Gasteiger partial charge in [0.1, 0.15) is 4.90 Å². The first kappa shape index (κ1) is 28.1. The average Bonchev–Trinajstić information content (AvgIpc) is 2.86. The van der Waals surface area contributed by atoms with Crippen molar-refractivity contribution in [2.45, 2.75) is 71.1 Å². The first-order chi connectivity index (χ1) is 18.7. The Bertz CT molecular complexity index is 1490. The van der Waals surface area contributed by atoms with Crippen molar-refractivity contribution in [2.75, 3.05) is 13.7 Å². The highest BCUT2D eigenvalue weighted by molar-refractivity contribution is 7.87. The summed E-state index contributed by atoms with van der Waals surface area (Å²) in [7, 11) is -2.12. The third-order valence-corrected chi connectivity index (χ3v) is 9.26. The van der Waals surface area contributed by atoms with Crippen LogP contribution in [0.4, 0.5) is 0 Å². The van der Waals surface area contributed by atoms with E-state index in [9.17, 15) is 18.0 Å². The van der Waals surface area contributed by atoms with Crippen LogP contribution >= 0.6 is 0 Å². The number of carbonyl (C=O) groups excluding carboxylic acids is 2. The highest BCUT2D eigenvalue weighted by Crippen LogP contribution is 2.54. The number of nitrogens with zero attached hydrogens (tertiary/aromatic N) is 1. The second-order valence-corrected chi connectivity index (χ2v) is 14.1. The van der Waals surface area contributed by atoms with Crippen molar-refractivity contribution in [3.05, 3.63) is 76.6 Å². The Balaban J connectivity index is 1.65. The van der Waals surface area contributed by atoms with E-state index in [1.807, 2.05) is 7.05 Å². The summed E-state index contributed by atoms with van der Waals surface area (Å²) in [6.07, 6.45) is 2.24. The van der Waals surface area contributed by atoms with Crippen molar-refractivity contribution in [2.24, 2.45) is 10.8 Å². The molecule has 0 spiro atoms. The number of benzene rings is 2. The molecule has 40 heavy (non-hydrogen) atoms. The molecular weight excluding hydrogens is 526 g/mol. The van der Waals surface area contributed by atoms with Crippen LogP contribution in [0.15, 0.2) is 76.0 Å². The number of carbonyl (C=O) groups is 2. The molecule has 0 atom stereocenters. The molecular formula is C32H37NO6S. The van der Waals surface area contributed by atoms with Crippen molar-refractivity contribution in [1.82, 2.24) is 4.90 Å². The molecule has 5 rings (SSSR count). The zero-order valence-corrected chi connectivity index (χ0v) is 24.9. The van der Waals surface area contributed by atoms with E-state index in [0.717, 1.165) is 24.2 Å². The maximum atomic E-state index is 13.8. The van der Waals surface area contributed by atoms with E-state index >= 15 is 0 Å². The molecule has 8 heteroatoms. The topological polar surface area (TPSA) is 90.0 Å². The fourth-order valence-electron chi connectivity index (χ4n) is 6.29. The molecule has 0 radical (unpaired) electrons. The molecule has 0 bridgehead atoms. The zero-order chi connectivity index (χ0) is 29.0. The monoisotopic (exact) mass is 563 g/mol. The highest BCUT2D eigenvalue weighted by Gasteiger charge is 2.48. The van der Waals surface area contributed by atoms with Gasteiger partial charge in [0.2, 0.25) is 0 Å². The van der Waals surface area contributed by atoms with E-state index in [0.29, 0.717) is 29.6 Å². The Kier molecular flexibility index (Phi) is 6.97. The van der Waals surface area contributed by atoms with Gasteiger partial charge in [-0.3, -0.25) is 9.59 Å². The molecule has 7 nitrogen and oxygen atoms in total. The summed E-state index contributed by atoms with van der Waals surface area (Å²) in [5.41, 5.74) is 3.55. The Morgan fingerprint density at radius 1 is 0.825 bits per heavy atom. The van der Waals surface area contributed by atoms with E-state index in [-0.39, 0.29) is 45.4 Å². The summed E-state index contributed by atoms with van der Waals surface area (Å²) in [6, 6.07) is 13.0. The third kappa shape index (κ3) is 5.09. The molecule has 2 aliphatic carbocycles. The van der Waals surface area contributed by atoms with E-state index < -0.39 is 16.0 Å². The van der Waals surface area contributed by atoms with Gasteiger partial charge in [-0.1, -0.05) is 52.0 Å². The largest absolute Gasteiger partial charge is 0.490 e. The lowest BCUT2D eigenvalue weighted by atomic mass is 9.64. The predicted octanol–water partition coefficient (Wildman–Crippen LogP) is 6.17. The zero-order valence-electron chi connectivity index (χ0n) is 24.0. The number of ether oxygens (including phenoxy) is 1. The van der Waals surface area contributed by atoms with Crippen LogP contribution in [0.3, 0.4) is 0 Å². The van der Waals surface area contributed by atoms with Crippen molar-refractivity contribution in [3.63, 3.8) is 0 Å². The van der Waals surface area contributed by atoms with Crippen LogP contribution in [0, 0.1) is 10.8 Å². The SMILES string of the molecule is CCOc1cc(C2C3=C(CC(C)(C)CC3=O)N(C)C3=C2C(=O)CC(C)(C)C3)ccc1OS(=O)(=O)c1ccccc1. The molecule has 0 saturated heterocycles. The molecule has 212 valence electrons. The first-order valence-electron chi connectivity index (χ1n) is 13.8. The molecule has 0 aromatic heterocycles. The van der Waals surface area contributed by atoms with Gasteiger partial charge in [-0.25, -0.2) is 0 Å². The lowest BCUT2D eigenvalue weighted by Gasteiger charge is -2.47. The standard InChI is InChI=1S/C32H37NO6S/c1-7-38-27-15-20(13-14-26(27)39-40(36,37)21-11-9-8-10-12-21)28-29-22(16-31(2,3)18-24(29)34)33(6)23-17-32(4,5)19-25(35)30(23)28/h8-15,28H,7,16-19H2,1-6H3. The number of hydrogen-bond acceptors (Lipinski definition) is 7. The van der Waals surface area contributed by atoms with Gasteiger partial charge >= 0.3 is 10.1 Å². The van der Waals surface area contributed by atoms with Crippen LogP contribution in [-0.4, -0.2) is 38.5 Å². The van der Waals surface area contributed by atoms with Crippen LogP contribution in [0.5, 0.6) is 11.5 Å². The van der Waals surface area contributed by atoms with Crippen LogP contribution < -0.4 is 8.92 Å². The lowest BCUT2D eigenvalue weighted by molar-refractivity contribution is -0.119. The maximum Gasteiger partial charge on any atom is 0.339 e. The Labute approximate surface area is 237 Å². The van der Waals surface area contributed by atoms with Crippen LogP contribution in [-0.2, 0) is 19.7 Å². The van der Waals surface area contributed by atoms with Crippen LogP contribution in [0.25, 0.3) is 0 Å². The van der Waals surface area contributed by atoms with Gasteiger partial charge in [-0.2, -0.15) is 8.42 Å². The van der Waals surface area contributed by atoms with Gasteiger partial charge in [-0.15, -0.1) is 0 Å². The smallest absolute Gasteiger partial charge is 0.339 e. The molecule has 2 aromatic carbocycles. The Morgan fingerprint density at radius 3 is 1.90 bits per heavy atom. The highest BCUT2D eigenvalue weighted by atomic mass is 32.2. The van der Waals surface area contributed by atoms with E-state index in [2.05, 4.69) is 32.6 Å². The van der Waals surface area contributed by atoms with Crippen LogP contribution in [0.2, 0.25) is 0 Å². The fourth-order valence-corrected chi connectivity index (χ4v) is 7.25. The number of ketones is 2. The Hall–Kier alpha value is -3.39. The fraction of sp³-hybridized carbons (Fsp3) is 0.438. The Morgan fingerprint density at radius 2 is 1.38 bits per heavy atom. The number of rotatable bonds is 6. The van der Waals surface area contributed by atoms with Crippen LogP contribution in [0.1, 0.15) is 71.8 Å². The van der Waals surface area contributed by atoms with Gasteiger partial charge in [0, 0.05) is 48.3 Å². The predicted molar refractivity (Wildman–Crippen MR) is 152 cm³/mol. The second-order valence-electron chi connectivity index (χ2n) is 12.6. The molecule has 0 unspecified atom stereocenters. The maximum absolute atomic E-state index is 13.8. The summed E-state index contributed by atoms with van der Waals surface area (Å²) in [6.45, 7) is 10.5. The molecule has 0 fully saturated rings. The summed E-state index contributed by atoms with van der Waals surface area (Å²) in [5.74, 6) is -0.172. The average molecular weight is 564 g/mol. The minimum atomic E-state index is -4.09. The van der Waals surface area contributed by atoms with E-state index in [1.165, 1.54) is 12.1 Å². The van der Waals surface area contributed by atoms with Crippen molar-refractivity contribution >= 4 is 21.7 Å². The second kappa shape index (κ2) is 9.91. The summed E-state index contributed by atoms with van der Waals surface area (Å²) in [5, 5.41) is 0.